The van der Waals surface area contributed by atoms with Crippen LogP contribution in [0.3, 0.4) is 0 Å². The third-order valence-corrected chi connectivity index (χ3v) is 4.52. The van der Waals surface area contributed by atoms with Crippen LogP contribution in [0.5, 0.6) is 0 Å². The van der Waals surface area contributed by atoms with Gasteiger partial charge in [0.15, 0.2) is 0 Å². The maximum atomic E-state index is 12.3. The number of hydrogen-bond donors (Lipinski definition) is 1. The van der Waals surface area contributed by atoms with Gasteiger partial charge in [-0.25, -0.2) is 0 Å². The number of thioether (sulfide) groups is 1. The lowest BCUT2D eigenvalue weighted by Crippen LogP contribution is -2.47. The van der Waals surface area contributed by atoms with Crippen molar-refractivity contribution in [3.63, 3.8) is 0 Å². The van der Waals surface area contributed by atoms with Crippen LogP contribution < -0.4 is 5.32 Å². The molecule has 2 fully saturated rings. The van der Waals surface area contributed by atoms with Gasteiger partial charge in [-0.05, 0) is 25.8 Å². The van der Waals surface area contributed by atoms with Gasteiger partial charge in [0.05, 0.1) is 12.6 Å². The number of ether oxygens (including phenoxy) is 1. The van der Waals surface area contributed by atoms with E-state index in [-0.39, 0.29) is 11.9 Å². The van der Waals surface area contributed by atoms with E-state index >= 15 is 0 Å². The number of amides is 1. The van der Waals surface area contributed by atoms with Gasteiger partial charge in [0.2, 0.25) is 5.91 Å². The molecule has 0 spiro atoms. The fraction of sp³-hybridized carbons (Fsp3) is 0.917. The molecule has 0 bridgehead atoms. The number of hydrogen-bond acceptors (Lipinski definition) is 4. The number of carbonyl (C=O) groups excluding carboxylic acids is 1. The third-order valence-electron chi connectivity index (χ3n) is 3.48. The van der Waals surface area contributed by atoms with E-state index in [1.54, 1.807) is 0 Å². The van der Waals surface area contributed by atoms with Crippen molar-refractivity contribution < 1.29 is 9.53 Å². The van der Waals surface area contributed by atoms with Gasteiger partial charge in [0.25, 0.3) is 0 Å². The van der Waals surface area contributed by atoms with Crippen LogP contribution in [0.2, 0.25) is 0 Å². The molecule has 2 unspecified atom stereocenters. The van der Waals surface area contributed by atoms with Crippen molar-refractivity contribution in [3.8, 4) is 0 Å². The molecule has 4 nitrogen and oxygen atoms in total. The van der Waals surface area contributed by atoms with E-state index in [4.69, 9.17) is 4.74 Å². The first-order chi connectivity index (χ1) is 8.31. The lowest BCUT2D eigenvalue weighted by atomic mass is 10.0. The van der Waals surface area contributed by atoms with Crippen LogP contribution in [0.25, 0.3) is 0 Å². The first kappa shape index (κ1) is 13.2. The molecule has 2 aliphatic heterocycles. The quantitative estimate of drug-likeness (QED) is 0.804. The highest BCUT2D eigenvalue weighted by molar-refractivity contribution is 7.99. The van der Waals surface area contributed by atoms with Gasteiger partial charge in [-0.15, -0.1) is 0 Å². The zero-order valence-corrected chi connectivity index (χ0v) is 11.3. The smallest absolute Gasteiger partial charge is 0.240 e. The molecule has 2 saturated heterocycles. The number of nitrogens with zero attached hydrogens (tertiary/aromatic N) is 1. The molecule has 0 aromatic rings. The molecule has 2 aliphatic rings. The predicted octanol–water partition coefficient (Wildman–Crippen LogP) is 0.576. The Hall–Kier alpha value is -0.260. The summed E-state index contributed by atoms with van der Waals surface area (Å²) in [6, 6.07) is -0.00740. The lowest BCUT2D eigenvalue weighted by molar-refractivity contribution is -0.133. The van der Waals surface area contributed by atoms with E-state index in [0.29, 0.717) is 5.92 Å². The molecule has 0 aliphatic carbocycles. The first-order valence-corrected chi connectivity index (χ1v) is 7.58. The molecule has 0 aromatic carbocycles. The summed E-state index contributed by atoms with van der Waals surface area (Å²) in [6.07, 6.45) is 2.33. The maximum Gasteiger partial charge on any atom is 0.240 e. The molecular formula is C12H22N2O2S. The Kier molecular flexibility index (Phi) is 5.13. The second kappa shape index (κ2) is 6.61. The highest BCUT2D eigenvalue weighted by atomic mass is 32.2. The van der Waals surface area contributed by atoms with Crippen LogP contribution >= 0.6 is 11.8 Å². The summed E-state index contributed by atoms with van der Waals surface area (Å²) in [5.41, 5.74) is 0. The second-order valence-corrected chi connectivity index (χ2v) is 5.93. The average molecular weight is 258 g/mol. The van der Waals surface area contributed by atoms with Gasteiger partial charge in [-0.3, -0.25) is 4.79 Å². The Morgan fingerprint density at radius 2 is 2.47 bits per heavy atom. The first-order valence-electron chi connectivity index (χ1n) is 6.43. The van der Waals surface area contributed by atoms with Crippen LogP contribution in [0.15, 0.2) is 0 Å². The molecule has 2 heterocycles. The molecule has 98 valence electrons. The van der Waals surface area contributed by atoms with Crippen LogP contribution in [0.4, 0.5) is 0 Å². The monoisotopic (exact) mass is 258 g/mol. The summed E-state index contributed by atoms with van der Waals surface area (Å²) in [4.78, 5) is 14.3. The molecule has 2 atom stereocenters. The minimum absolute atomic E-state index is 0.00740. The predicted molar refractivity (Wildman–Crippen MR) is 70.3 cm³/mol. The maximum absolute atomic E-state index is 12.3. The van der Waals surface area contributed by atoms with Crippen molar-refractivity contribution in [1.82, 2.24) is 10.2 Å². The highest BCUT2D eigenvalue weighted by Gasteiger charge is 2.28. The minimum Gasteiger partial charge on any atom is -0.381 e. The Balaban J connectivity index is 1.90. The largest absolute Gasteiger partial charge is 0.381 e. The molecule has 5 heteroatoms. The zero-order chi connectivity index (χ0) is 12.1. The van der Waals surface area contributed by atoms with Crippen molar-refractivity contribution in [2.45, 2.75) is 18.9 Å². The Labute approximate surface area is 107 Å². The summed E-state index contributed by atoms with van der Waals surface area (Å²) >= 11 is 1.86. The molecule has 0 aromatic heterocycles. The highest BCUT2D eigenvalue weighted by Crippen LogP contribution is 2.18. The minimum atomic E-state index is -0.00740. The molecular weight excluding hydrogens is 236 g/mol. The number of nitrogens with one attached hydrogen (secondary N) is 1. The van der Waals surface area contributed by atoms with Crippen molar-refractivity contribution in [2.24, 2.45) is 5.92 Å². The Morgan fingerprint density at radius 1 is 1.59 bits per heavy atom. The number of likely N-dealkylation sites (N-methyl/N-ethyl adjacent to an activating group) is 1. The average Bonchev–Trinajstić information content (AvgIpc) is 2.54. The van der Waals surface area contributed by atoms with E-state index < -0.39 is 0 Å². The van der Waals surface area contributed by atoms with Gasteiger partial charge in [-0.1, -0.05) is 0 Å². The number of rotatable bonds is 3. The van der Waals surface area contributed by atoms with Crippen molar-refractivity contribution in [2.75, 3.05) is 44.9 Å². The third kappa shape index (κ3) is 3.60. The van der Waals surface area contributed by atoms with Crippen LogP contribution in [0, 0.1) is 5.92 Å². The summed E-state index contributed by atoms with van der Waals surface area (Å²) in [5, 5.41) is 3.12. The van der Waals surface area contributed by atoms with Gasteiger partial charge >= 0.3 is 0 Å². The Bertz CT molecular complexity index is 257. The van der Waals surface area contributed by atoms with Gasteiger partial charge in [0, 0.05) is 31.2 Å². The van der Waals surface area contributed by atoms with E-state index in [1.807, 2.05) is 23.7 Å². The zero-order valence-electron chi connectivity index (χ0n) is 10.5. The molecule has 1 N–H and O–H groups in total. The van der Waals surface area contributed by atoms with Gasteiger partial charge in [0.1, 0.15) is 0 Å². The summed E-state index contributed by atoms with van der Waals surface area (Å²) in [7, 11) is 1.87. The van der Waals surface area contributed by atoms with Gasteiger partial charge in [-0.2, -0.15) is 11.8 Å². The fourth-order valence-corrected chi connectivity index (χ4v) is 3.49. The Morgan fingerprint density at radius 3 is 3.18 bits per heavy atom. The normalized spacial score (nSPS) is 31.4. The van der Waals surface area contributed by atoms with Crippen molar-refractivity contribution in [1.29, 1.82) is 0 Å². The fourth-order valence-electron chi connectivity index (χ4n) is 2.43. The second-order valence-electron chi connectivity index (χ2n) is 4.78. The molecule has 1 amide bonds. The van der Waals surface area contributed by atoms with Crippen LogP contribution in [-0.4, -0.2) is 61.7 Å². The van der Waals surface area contributed by atoms with Crippen molar-refractivity contribution in [3.05, 3.63) is 0 Å². The molecule has 2 rings (SSSR count). The molecule has 0 saturated carbocycles. The van der Waals surface area contributed by atoms with E-state index in [0.717, 1.165) is 44.2 Å². The van der Waals surface area contributed by atoms with Crippen molar-refractivity contribution >= 4 is 17.7 Å². The standard InChI is InChI=1S/C12H22N2O2S/c1-13-11-9-17-6-4-14(12(11)15)7-10-3-2-5-16-8-10/h10-11,13H,2-9H2,1H3. The molecule has 0 radical (unpaired) electrons. The molecule has 17 heavy (non-hydrogen) atoms. The lowest BCUT2D eigenvalue weighted by Gasteiger charge is -2.30. The van der Waals surface area contributed by atoms with E-state index in [9.17, 15) is 4.79 Å². The summed E-state index contributed by atoms with van der Waals surface area (Å²) in [5.74, 6) is 2.75. The summed E-state index contributed by atoms with van der Waals surface area (Å²) < 4.78 is 5.48. The topological polar surface area (TPSA) is 41.6 Å². The van der Waals surface area contributed by atoms with Crippen LogP contribution in [0.1, 0.15) is 12.8 Å². The SMILES string of the molecule is CNC1CSCCN(CC2CCCOC2)C1=O. The van der Waals surface area contributed by atoms with Crippen LogP contribution in [-0.2, 0) is 9.53 Å². The van der Waals surface area contributed by atoms with E-state index in [1.165, 1.54) is 6.42 Å². The number of carbonyl (C=O) groups is 1. The van der Waals surface area contributed by atoms with Gasteiger partial charge < -0.3 is 15.0 Å². The summed E-state index contributed by atoms with van der Waals surface area (Å²) in [6.45, 7) is 3.47. The van der Waals surface area contributed by atoms with E-state index in [2.05, 4.69) is 5.32 Å².